The smallest absolute Gasteiger partial charge is 0.224 e. The average Bonchev–Trinajstić information content (AvgIpc) is 2.16. The van der Waals surface area contributed by atoms with E-state index in [1.165, 1.54) is 0 Å². The van der Waals surface area contributed by atoms with Crippen LogP contribution in [-0.2, 0) is 4.79 Å². The van der Waals surface area contributed by atoms with Crippen molar-refractivity contribution in [3.8, 4) is 0 Å². The molecule has 1 aromatic heterocycles. The molecule has 13 heavy (non-hydrogen) atoms. The molecule has 0 unspecified atom stereocenters. The van der Waals surface area contributed by atoms with Gasteiger partial charge in [-0.15, -0.1) is 0 Å². The molecule has 0 spiro atoms. The highest BCUT2D eigenvalue weighted by atomic mass is 16.1. The lowest BCUT2D eigenvalue weighted by molar-refractivity contribution is -0.116. The van der Waals surface area contributed by atoms with Gasteiger partial charge in [-0.2, -0.15) is 0 Å². The summed E-state index contributed by atoms with van der Waals surface area (Å²) in [7, 11) is 0. The zero-order valence-corrected chi connectivity index (χ0v) is 7.79. The Bertz CT molecular complexity index is 259. The third-order valence-electron chi connectivity index (χ3n) is 1.70. The van der Waals surface area contributed by atoms with Crippen molar-refractivity contribution in [1.82, 2.24) is 4.98 Å². The second kappa shape index (κ2) is 5.30. The zero-order valence-electron chi connectivity index (χ0n) is 7.79. The number of nitrogens with zero attached hydrogens (tertiary/aromatic N) is 1. The lowest BCUT2D eigenvalue weighted by Crippen LogP contribution is -2.10. The number of anilines is 1. The van der Waals surface area contributed by atoms with Crippen LogP contribution in [0.2, 0.25) is 0 Å². The molecule has 1 aromatic rings. The van der Waals surface area contributed by atoms with E-state index in [2.05, 4.69) is 17.2 Å². The number of aromatic nitrogens is 1. The van der Waals surface area contributed by atoms with Crippen molar-refractivity contribution >= 4 is 11.6 Å². The number of carbonyl (C=O) groups is 1. The highest BCUT2D eigenvalue weighted by Gasteiger charge is 1.99. The van der Waals surface area contributed by atoms with Gasteiger partial charge >= 0.3 is 0 Å². The lowest BCUT2D eigenvalue weighted by Gasteiger charge is -2.02. The van der Waals surface area contributed by atoms with Crippen LogP contribution in [0.4, 0.5) is 5.69 Å². The second-order valence-corrected chi connectivity index (χ2v) is 2.89. The van der Waals surface area contributed by atoms with Crippen molar-refractivity contribution in [2.45, 2.75) is 26.2 Å². The topological polar surface area (TPSA) is 42.0 Å². The van der Waals surface area contributed by atoms with Crippen molar-refractivity contribution in [2.75, 3.05) is 5.32 Å². The Morgan fingerprint density at radius 1 is 1.62 bits per heavy atom. The van der Waals surface area contributed by atoms with Gasteiger partial charge in [0.2, 0.25) is 5.91 Å². The minimum Gasteiger partial charge on any atom is -0.325 e. The Hall–Kier alpha value is -1.38. The normalized spacial score (nSPS) is 9.62. The molecule has 70 valence electrons. The first kappa shape index (κ1) is 9.71. The molecule has 1 N–H and O–H groups in total. The van der Waals surface area contributed by atoms with Gasteiger partial charge in [0.05, 0.1) is 11.9 Å². The lowest BCUT2D eigenvalue weighted by atomic mass is 10.2. The quantitative estimate of drug-likeness (QED) is 0.768. The number of amides is 1. The third kappa shape index (κ3) is 3.69. The van der Waals surface area contributed by atoms with E-state index in [0.717, 1.165) is 18.5 Å². The van der Waals surface area contributed by atoms with Crippen LogP contribution in [0.25, 0.3) is 0 Å². The number of hydrogen-bond acceptors (Lipinski definition) is 2. The number of pyridine rings is 1. The predicted molar refractivity (Wildman–Crippen MR) is 52.4 cm³/mol. The molecule has 0 bridgehead atoms. The fourth-order valence-corrected chi connectivity index (χ4v) is 0.998. The maximum Gasteiger partial charge on any atom is 0.224 e. The van der Waals surface area contributed by atoms with Crippen LogP contribution in [-0.4, -0.2) is 10.9 Å². The molecule has 3 nitrogen and oxygen atoms in total. The molecule has 0 aliphatic heterocycles. The maximum absolute atomic E-state index is 11.2. The second-order valence-electron chi connectivity index (χ2n) is 2.89. The summed E-state index contributed by atoms with van der Waals surface area (Å²) in [5.74, 6) is 0.0647. The Morgan fingerprint density at radius 2 is 2.46 bits per heavy atom. The third-order valence-corrected chi connectivity index (χ3v) is 1.70. The van der Waals surface area contributed by atoms with E-state index in [-0.39, 0.29) is 5.91 Å². The van der Waals surface area contributed by atoms with Crippen molar-refractivity contribution in [3.63, 3.8) is 0 Å². The maximum atomic E-state index is 11.2. The van der Waals surface area contributed by atoms with Crippen LogP contribution < -0.4 is 5.32 Å². The van der Waals surface area contributed by atoms with E-state index in [4.69, 9.17) is 0 Å². The molecule has 1 amide bonds. The number of unbranched alkanes of at least 4 members (excludes halogenated alkanes) is 1. The molecular formula is C10H14N2O. The van der Waals surface area contributed by atoms with Gasteiger partial charge in [0.1, 0.15) is 0 Å². The van der Waals surface area contributed by atoms with Crippen LogP contribution in [0.1, 0.15) is 26.2 Å². The standard InChI is InChI=1S/C10H14N2O/c1-2-3-6-10(13)12-9-5-4-7-11-8-9/h4-5,7-8H,2-3,6H2,1H3,(H,12,13). The van der Waals surface area contributed by atoms with E-state index in [1.807, 2.05) is 6.07 Å². The van der Waals surface area contributed by atoms with Gasteiger partial charge in [-0.05, 0) is 18.6 Å². The molecule has 3 heteroatoms. The monoisotopic (exact) mass is 178 g/mol. The molecule has 0 aliphatic carbocycles. The van der Waals surface area contributed by atoms with Gasteiger partial charge in [0.15, 0.2) is 0 Å². The molecular weight excluding hydrogens is 164 g/mol. The minimum atomic E-state index is 0.0647. The summed E-state index contributed by atoms with van der Waals surface area (Å²) in [6.07, 6.45) is 5.89. The number of hydrogen-bond donors (Lipinski definition) is 1. The summed E-state index contributed by atoms with van der Waals surface area (Å²) in [5.41, 5.74) is 0.767. The zero-order chi connectivity index (χ0) is 9.52. The molecule has 0 radical (unpaired) electrons. The number of carbonyl (C=O) groups excluding carboxylic acids is 1. The van der Waals surface area contributed by atoms with Crippen molar-refractivity contribution < 1.29 is 4.79 Å². The Balaban J connectivity index is 2.37. The molecule has 1 rings (SSSR count). The highest BCUT2D eigenvalue weighted by Crippen LogP contribution is 2.04. The highest BCUT2D eigenvalue weighted by molar-refractivity contribution is 5.90. The van der Waals surface area contributed by atoms with Gasteiger partial charge in [-0.25, -0.2) is 0 Å². The Kier molecular flexibility index (Phi) is 3.96. The molecule has 0 aromatic carbocycles. The van der Waals surface area contributed by atoms with Crippen LogP contribution in [0.3, 0.4) is 0 Å². The SMILES string of the molecule is CCCCC(=O)Nc1cccnc1. The first-order valence-electron chi connectivity index (χ1n) is 4.53. The summed E-state index contributed by atoms with van der Waals surface area (Å²) in [6, 6.07) is 3.63. The fourth-order valence-electron chi connectivity index (χ4n) is 0.998. The van der Waals surface area contributed by atoms with Crippen molar-refractivity contribution in [3.05, 3.63) is 24.5 Å². The molecule has 0 saturated carbocycles. The summed E-state index contributed by atoms with van der Waals surface area (Å²) in [5, 5.41) is 2.78. The van der Waals surface area contributed by atoms with Crippen molar-refractivity contribution in [1.29, 1.82) is 0 Å². The first-order chi connectivity index (χ1) is 6.33. The first-order valence-corrected chi connectivity index (χ1v) is 4.53. The van der Waals surface area contributed by atoms with Gasteiger partial charge in [0.25, 0.3) is 0 Å². The molecule has 0 fully saturated rings. The van der Waals surface area contributed by atoms with Crippen LogP contribution in [0, 0.1) is 0 Å². The van der Waals surface area contributed by atoms with E-state index >= 15 is 0 Å². The molecule has 1 heterocycles. The summed E-state index contributed by atoms with van der Waals surface area (Å²) < 4.78 is 0. The molecule has 0 aliphatic rings. The summed E-state index contributed by atoms with van der Waals surface area (Å²) in [6.45, 7) is 2.07. The number of nitrogens with one attached hydrogen (secondary N) is 1. The molecule has 0 saturated heterocycles. The minimum absolute atomic E-state index is 0.0647. The largest absolute Gasteiger partial charge is 0.325 e. The van der Waals surface area contributed by atoms with Gasteiger partial charge in [0, 0.05) is 12.6 Å². The van der Waals surface area contributed by atoms with Gasteiger partial charge in [-0.3, -0.25) is 9.78 Å². The predicted octanol–water partition coefficient (Wildman–Crippen LogP) is 2.21. The Morgan fingerprint density at radius 3 is 3.08 bits per heavy atom. The van der Waals surface area contributed by atoms with E-state index in [1.54, 1.807) is 18.5 Å². The summed E-state index contributed by atoms with van der Waals surface area (Å²) >= 11 is 0. The van der Waals surface area contributed by atoms with Crippen LogP contribution >= 0.6 is 0 Å². The van der Waals surface area contributed by atoms with E-state index < -0.39 is 0 Å². The van der Waals surface area contributed by atoms with Gasteiger partial charge < -0.3 is 5.32 Å². The fraction of sp³-hybridized carbons (Fsp3) is 0.400. The average molecular weight is 178 g/mol. The summed E-state index contributed by atoms with van der Waals surface area (Å²) in [4.78, 5) is 15.1. The van der Waals surface area contributed by atoms with E-state index in [0.29, 0.717) is 6.42 Å². The van der Waals surface area contributed by atoms with E-state index in [9.17, 15) is 4.79 Å². The van der Waals surface area contributed by atoms with Gasteiger partial charge in [-0.1, -0.05) is 13.3 Å². The molecule has 0 atom stereocenters. The van der Waals surface area contributed by atoms with Crippen LogP contribution in [0.15, 0.2) is 24.5 Å². The Labute approximate surface area is 78.2 Å². The number of rotatable bonds is 4. The van der Waals surface area contributed by atoms with Crippen molar-refractivity contribution in [2.24, 2.45) is 0 Å². The van der Waals surface area contributed by atoms with Crippen LogP contribution in [0.5, 0.6) is 0 Å².